The first kappa shape index (κ1) is 17.1. The van der Waals surface area contributed by atoms with E-state index < -0.39 is 12.0 Å². The first-order valence-corrected chi connectivity index (χ1v) is 6.83. The molecule has 0 aliphatic carbocycles. The Balaban J connectivity index is 2.82. The van der Waals surface area contributed by atoms with Crippen molar-refractivity contribution in [3.8, 4) is 11.5 Å². The second-order valence-corrected chi connectivity index (χ2v) is 5.04. The average Bonchev–Trinajstić information content (AvgIpc) is 2.45. The summed E-state index contributed by atoms with van der Waals surface area (Å²) in [6, 6.07) is 2.88. The maximum absolute atomic E-state index is 12.0. The second-order valence-electron chi connectivity index (χ2n) is 4.18. The lowest BCUT2D eigenvalue weighted by Gasteiger charge is -2.18. The summed E-state index contributed by atoms with van der Waals surface area (Å²) in [6.45, 7) is 0.117. The molecule has 116 valence electrons. The van der Waals surface area contributed by atoms with Crippen LogP contribution in [0.1, 0.15) is 6.42 Å². The first-order valence-electron chi connectivity index (χ1n) is 6.04. The normalized spacial score (nSPS) is 9.90. The molecule has 0 aliphatic heterocycles. The van der Waals surface area contributed by atoms with Crippen molar-refractivity contribution < 1.29 is 24.2 Å². The standard InChI is InChI=1S/C13H17BrN2O5/c1-16(5-4-12(17)18)13(19)15-9-7-11(21-3)10(20-2)6-8(9)14/h6-7H,4-5H2,1-3H3,(H,15,19)(H,17,18). The van der Waals surface area contributed by atoms with Gasteiger partial charge in [-0.15, -0.1) is 0 Å². The summed E-state index contributed by atoms with van der Waals surface area (Å²) in [6.07, 6.45) is -0.114. The van der Waals surface area contributed by atoms with Gasteiger partial charge in [0.25, 0.3) is 0 Å². The fraction of sp³-hybridized carbons (Fsp3) is 0.385. The van der Waals surface area contributed by atoms with Gasteiger partial charge in [-0.2, -0.15) is 0 Å². The van der Waals surface area contributed by atoms with Gasteiger partial charge in [-0.25, -0.2) is 4.79 Å². The number of ether oxygens (including phenoxy) is 2. The van der Waals surface area contributed by atoms with E-state index >= 15 is 0 Å². The molecule has 8 heteroatoms. The number of carboxylic acids is 1. The van der Waals surface area contributed by atoms with Crippen LogP contribution in [0.15, 0.2) is 16.6 Å². The number of carbonyl (C=O) groups excluding carboxylic acids is 1. The van der Waals surface area contributed by atoms with Crippen LogP contribution < -0.4 is 14.8 Å². The lowest BCUT2D eigenvalue weighted by Crippen LogP contribution is -2.33. The number of nitrogens with one attached hydrogen (secondary N) is 1. The van der Waals surface area contributed by atoms with Gasteiger partial charge < -0.3 is 24.8 Å². The van der Waals surface area contributed by atoms with Crippen LogP contribution in [0.3, 0.4) is 0 Å². The lowest BCUT2D eigenvalue weighted by molar-refractivity contribution is -0.137. The molecule has 2 N–H and O–H groups in total. The third-order valence-electron chi connectivity index (χ3n) is 2.72. The number of aliphatic carboxylic acids is 1. The highest BCUT2D eigenvalue weighted by molar-refractivity contribution is 9.10. The molecular formula is C13H17BrN2O5. The van der Waals surface area contributed by atoms with E-state index in [1.165, 1.54) is 26.2 Å². The Morgan fingerprint density at radius 2 is 1.86 bits per heavy atom. The maximum Gasteiger partial charge on any atom is 0.321 e. The van der Waals surface area contributed by atoms with Gasteiger partial charge in [0.2, 0.25) is 0 Å². The summed E-state index contributed by atoms with van der Waals surface area (Å²) in [7, 11) is 4.53. The Labute approximate surface area is 131 Å². The van der Waals surface area contributed by atoms with Gasteiger partial charge in [-0.1, -0.05) is 0 Å². The van der Waals surface area contributed by atoms with E-state index in [9.17, 15) is 9.59 Å². The highest BCUT2D eigenvalue weighted by Crippen LogP contribution is 2.36. The number of hydrogen-bond acceptors (Lipinski definition) is 4. The molecule has 1 rings (SSSR count). The van der Waals surface area contributed by atoms with Crippen LogP contribution in [-0.4, -0.2) is 49.8 Å². The Hall–Kier alpha value is -1.96. The molecule has 1 aromatic carbocycles. The molecule has 0 saturated carbocycles. The number of halogens is 1. The van der Waals surface area contributed by atoms with E-state index in [-0.39, 0.29) is 13.0 Å². The number of urea groups is 1. The van der Waals surface area contributed by atoms with Gasteiger partial charge >= 0.3 is 12.0 Å². The highest BCUT2D eigenvalue weighted by atomic mass is 79.9. The Kier molecular flexibility index (Phi) is 6.29. The van der Waals surface area contributed by atoms with Gasteiger partial charge in [0.15, 0.2) is 11.5 Å². The van der Waals surface area contributed by atoms with Crippen LogP contribution in [0.4, 0.5) is 10.5 Å². The number of rotatable bonds is 6. The smallest absolute Gasteiger partial charge is 0.321 e. The molecule has 0 fully saturated rings. The maximum atomic E-state index is 12.0. The van der Waals surface area contributed by atoms with Crippen molar-refractivity contribution in [1.82, 2.24) is 4.90 Å². The van der Waals surface area contributed by atoms with Crippen LogP contribution in [0.25, 0.3) is 0 Å². The largest absolute Gasteiger partial charge is 0.493 e. The third kappa shape index (κ3) is 4.82. The quantitative estimate of drug-likeness (QED) is 0.813. The molecule has 0 saturated heterocycles. The second kappa shape index (κ2) is 7.72. The number of benzene rings is 1. The van der Waals surface area contributed by atoms with Gasteiger partial charge in [0.05, 0.1) is 26.3 Å². The van der Waals surface area contributed by atoms with E-state index in [0.29, 0.717) is 21.7 Å². The molecule has 0 heterocycles. The molecule has 0 radical (unpaired) electrons. The fourth-order valence-electron chi connectivity index (χ4n) is 1.53. The van der Waals surface area contributed by atoms with E-state index in [2.05, 4.69) is 21.2 Å². The minimum absolute atomic E-state index is 0.114. The number of amides is 2. The van der Waals surface area contributed by atoms with Gasteiger partial charge in [0.1, 0.15) is 0 Å². The Morgan fingerprint density at radius 3 is 2.38 bits per heavy atom. The zero-order chi connectivity index (χ0) is 16.0. The monoisotopic (exact) mass is 360 g/mol. The molecule has 0 atom stereocenters. The van der Waals surface area contributed by atoms with Crippen molar-refractivity contribution in [2.24, 2.45) is 0 Å². The van der Waals surface area contributed by atoms with Crippen molar-refractivity contribution in [3.05, 3.63) is 16.6 Å². The number of carboxylic acid groups (broad SMARTS) is 1. The third-order valence-corrected chi connectivity index (χ3v) is 3.38. The minimum Gasteiger partial charge on any atom is -0.493 e. The molecule has 21 heavy (non-hydrogen) atoms. The van der Waals surface area contributed by atoms with Crippen LogP contribution in [0.5, 0.6) is 11.5 Å². The topological polar surface area (TPSA) is 88.1 Å². The van der Waals surface area contributed by atoms with Crippen LogP contribution in [-0.2, 0) is 4.79 Å². The van der Waals surface area contributed by atoms with Gasteiger partial charge in [-0.05, 0) is 15.9 Å². The summed E-state index contributed by atoms with van der Waals surface area (Å²) in [5.41, 5.74) is 0.500. The van der Waals surface area contributed by atoms with Crippen molar-refractivity contribution in [3.63, 3.8) is 0 Å². The van der Waals surface area contributed by atoms with Gasteiger partial charge in [0, 0.05) is 30.2 Å². The number of methoxy groups -OCH3 is 2. The Bertz CT molecular complexity index is 536. The molecule has 0 aliphatic rings. The molecule has 0 unspecified atom stereocenters. The van der Waals surface area contributed by atoms with E-state index in [4.69, 9.17) is 14.6 Å². The molecular weight excluding hydrogens is 344 g/mol. The molecule has 2 amide bonds. The van der Waals surface area contributed by atoms with Crippen LogP contribution in [0, 0.1) is 0 Å². The first-order chi connectivity index (χ1) is 9.88. The van der Waals surface area contributed by atoms with E-state index in [0.717, 1.165) is 0 Å². The average molecular weight is 361 g/mol. The predicted molar refractivity (Wildman–Crippen MR) is 81.1 cm³/mol. The minimum atomic E-state index is -0.957. The summed E-state index contributed by atoms with van der Waals surface area (Å²) in [5, 5.41) is 11.3. The zero-order valence-corrected chi connectivity index (χ0v) is 13.6. The molecule has 0 spiro atoms. The summed E-state index contributed by atoms with van der Waals surface area (Å²) >= 11 is 3.33. The van der Waals surface area contributed by atoms with E-state index in [1.807, 2.05) is 0 Å². The number of anilines is 1. The van der Waals surface area contributed by atoms with Crippen molar-refractivity contribution in [2.75, 3.05) is 33.1 Å². The van der Waals surface area contributed by atoms with Crippen molar-refractivity contribution >= 4 is 33.6 Å². The molecule has 0 bridgehead atoms. The SMILES string of the molecule is COc1cc(Br)c(NC(=O)N(C)CCC(=O)O)cc1OC. The predicted octanol–water partition coefficient (Wildman–Crippen LogP) is 2.40. The molecule has 7 nitrogen and oxygen atoms in total. The van der Waals surface area contributed by atoms with Crippen molar-refractivity contribution in [1.29, 1.82) is 0 Å². The lowest BCUT2D eigenvalue weighted by atomic mass is 10.2. The molecule has 1 aromatic rings. The number of carbonyl (C=O) groups is 2. The van der Waals surface area contributed by atoms with E-state index in [1.54, 1.807) is 12.1 Å². The van der Waals surface area contributed by atoms with Gasteiger partial charge in [-0.3, -0.25) is 4.79 Å². The van der Waals surface area contributed by atoms with Crippen LogP contribution in [0.2, 0.25) is 0 Å². The summed E-state index contributed by atoms with van der Waals surface area (Å²) in [5.74, 6) is 0.0488. The fourth-order valence-corrected chi connectivity index (χ4v) is 1.95. The highest BCUT2D eigenvalue weighted by Gasteiger charge is 2.15. The van der Waals surface area contributed by atoms with Crippen molar-refractivity contribution in [2.45, 2.75) is 6.42 Å². The molecule has 0 aromatic heterocycles. The van der Waals surface area contributed by atoms with Crippen LogP contribution >= 0.6 is 15.9 Å². The number of nitrogens with zero attached hydrogens (tertiary/aromatic N) is 1. The summed E-state index contributed by atoms with van der Waals surface area (Å²) < 4.78 is 10.9. The Morgan fingerprint density at radius 1 is 1.29 bits per heavy atom. The zero-order valence-electron chi connectivity index (χ0n) is 12.0. The number of hydrogen-bond donors (Lipinski definition) is 2. The summed E-state index contributed by atoms with van der Waals surface area (Å²) in [4.78, 5) is 23.7.